The first-order valence-corrected chi connectivity index (χ1v) is 6.93. The maximum Gasteiger partial charge on any atom is 0.251 e. The zero-order valence-electron chi connectivity index (χ0n) is 11.6. The fourth-order valence-electron chi connectivity index (χ4n) is 1.82. The lowest BCUT2D eigenvalue weighted by Gasteiger charge is -2.11. The van der Waals surface area contributed by atoms with Crippen LogP contribution < -0.4 is 15.4 Å². The van der Waals surface area contributed by atoms with Crippen molar-refractivity contribution in [3.63, 3.8) is 0 Å². The number of rotatable bonds is 7. The fourth-order valence-corrected chi connectivity index (χ4v) is 1.82. The summed E-state index contributed by atoms with van der Waals surface area (Å²) in [7, 11) is 0. The molecule has 104 valence electrons. The van der Waals surface area contributed by atoms with Gasteiger partial charge < -0.3 is 15.4 Å². The van der Waals surface area contributed by atoms with Crippen LogP contribution >= 0.6 is 0 Å². The van der Waals surface area contributed by atoms with Crippen LogP contribution in [0.15, 0.2) is 24.3 Å². The van der Waals surface area contributed by atoms with Gasteiger partial charge in [0, 0.05) is 24.7 Å². The average Bonchev–Trinajstić information content (AvgIpc) is 3.18. The molecular formula is C15H22N2O2. The van der Waals surface area contributed by atoms with Crippen molar-refractivity contribution in [3.05, 3.63) is 29.8 Å². The lowest BCUT2D eigenvalue weighted by molar-refractivity contribution is 0.0953. The van der Waals surface area contributed by atoms with Crippen molar-refractivity contribution in [2.24, 2.45) is 0 Å². The predicted molar refractivity (Wildman–Crippen MR) is 75.6 cm³/mol. The van der Waals surface area contributed by atoms with Gasteiger partial charge in [-0.1, -0.05) is 6.07 Å². The molecule has 2 N–H and O–H groups in total. The first-order valence-electron chi connectivity index (χ1n) is 6.93. The van der Waals surface area contributed by atoms with Gasteiger partial charge in [0.2, 0.25) is 0 Å². The fraction of sp³-hybridized carbons (Fsp3) is 0.533. The third kappa shape index (κ3) is 4.91. The van der Waals surface area contributed by atoms with E-state index in [4.69, 9.17) is 4.74 Å². The van der Waals surface area contributed by atoms with Gasteiger partial charge in [0.25, 0.3) is 5.91 Å². The summed E-state index contributed by atoms with van der Waals surface area (Å²) in [5.41, 5.74) is 0.643. The molecule has 1 aliphatic rings. The van der Waals surface area contributed by atoms with Gasteiger partial charge in [-0.05, 0) is 44.9 Å². The van der Waals surface area contributed by atoms with Gasteiger partial charge >= 0.3 is 0 Å². The summed E-state index contributed by atoms with van der Waals surface area (Å²) >= 11 is 0. The van der Waals surface area contributed by atoms with E-state index in [9.17, 15) is 4.79 Å². The summed E-state index contributed by atoms with van der Waals surface area (Å²) in [4.78, 5) is 11.9. The van der Waals surface area contributed by atoms with Crippen LogP contribution in [-0.2, 0) is 0 Å². The Balaban J connectivity index is 1.79. The van der Waals surface area contributed by atoms with E-state index in [0.717, 1.165) is 12.3 Å². The van der Waals surface area contributed by atoms with E-state index >= 15 is 0 Å². The normalized spacial score (nSPS) is 14.5. The number of hydrogen-bond acceptors (Lipinski definition) is 3. The van der Waals surface area contributed by atoms with E-state index in [1.54, 1.807) is 12.1 Å². The molecule has 4 nitrogen and oxygen atoms in total. The van der Waals surface area contributed by atoms with Crippen molar-refractivity contribution in [2.45, 2.75) is 38.8 Å². The number of benzene rings is 1. The second-order valence-electron chi connectivity index (χ2n) is 5.18. The van der Waals surface area contributed by atoms with Gasteiger partial charge in [-0.25, -0.2) is 0 Å². The molecule has 1 fully saturated rings. The van der Waals surface area contributed by atoms with Crippen LogP contribution in [0.5, 0.6) is 5.75 Å². The lowest BCUT2D eigenvalue weighted by atomic mass is 10.2. The number of ether oxygens (including phenoxy) is 1. The van der Waals surface area contributed by atoms with Crippen LogP contribution in [-0.4, -0.2) is 31.1 Å². The Labute approximate surface area is 114 Å². The summed E-state index contributed by atoms with van der Waals surface area (Å²) in [5, 5.41) is 6.27. The number of carbonyl (C=O) groups excluding carboxylic acids is 1. The highest BCUT2D eigenvalue weighted by Crippen LogP contribution is 2.18. The maximum atomic E-state index is 11.9. The molecule has 0 atom stereocenters. The van der Waals surface area contributed by atoms with E-state index in [1.807, 2.05) is 26.0 Å². The largest absolute Gasteiger partial charge is 0.491 e. The third-order valence-corrected chi connectivity index (χ3v) is 2.89. The maximum absolute atomic E-state index is 11.9. The molecule has 0 saturated heterocycles. The van der Waals surface area contributed by atoms with E-state index in [0.29, 0.717) is 18.2 Å². The van der Waals surface area contributed by atoms with Crippen molar-refractivity contribution in [1.29, 1.82) is 0 Å². The van der Waals surface area contributed by atoms with E-state index in [2.05, 4.69) is 10.6 Å². The molecule has 0 aromatic heterocycles. The molecule has 1 aliphatic carbocycles. The van der Waals surface area contributed by atoms with Crippen LogP contribution in [0.2, 0.25) is 0 Å². The van der Waals surface area contributed by atoms with Crippen molar-refractivity contribution in [1.82, 2.24) is 10.6 Å². The third-order valence-electron chi connectivity index (χ3n) is 2.89. The van der Waals surface area contributed by atoms with Crippen LogP contribution in [0.4, 0.5) is 0 Å². The summed E-state index contributed by atoms with van der Waals surface area (Å²) in [6.07, 6.45) is 2.64. The second-order valence-corrected chi connectivity index (χ2v) is 5.18. The Morgan fingerprint density at radius 2 is 2.16 bits per heavy atom. The summed E-state index contributed by atoms with van der Waals surface area (Å²) < 4.78 is 5.58. The number of nitrogens with one attached hydrogen (secondary N) is 2. The molecule has 0 heterocycles. The topological polar surface area (TPSA) is 50.4 Å². The van der Waals surface area contributed by atoms with Crippen molar-refractivity contribution in [2.75, 3.05) is 13.1 Å². The zero-order chi connectivity index (χ0) is 13.7. The Morgan fingerprint density at radius 1 is 1.37 bits per heavy atom. The molecule has 2 rings (SSSR count). The molecule has 4 heteroatoms. The summed E-state index contributed by atoms with van der Waals surface area (Å²) in [6.45, 7) is 5.43. The molecule has 1 amide bonds. The standard InChI is InChI=1S/C15H22N2O2/c1-11(2)19-14-5-3-4-12(10-14)15(18)17-9-8-16-13-6-7-13/h3-5,10-11,13,16H,6-9H2,1-2H3,(H,17,18). The Morgan fingerprint density at radius 3 is 2.84 bits per heavy atom. The van der Waals surface area contributed by atoms with Gasteiger partial charge in [0.1, 0.15) is 5.75 Å². The molecule has 1 aromatic rings. The minimum absolute atomic E-state index is 0.0493. The highest BCUT2D eigenvalue weighted by Gasteiger charge is 2.19. The number of amides is 1. The zero-order valence-corrected chi connectivity index (χ0v) is 11.6. The first-order chi connectivity index (χ1) is 9.15. The lowest BCUT2D eigenvalue weighted by Crippen LogP contribution is -2.32. The van der Waals surface area contributed by atoms with Crippen LogP contribution in [0, 0.1) is 0 Å². The Kier molecular flexibility index (Phi) is 4.80. The molecule has 0 aliphatic heterocycles. The number of hydrogen-bond donors (Lipinski definition) is 2. The smallest absolute Gasteiger partial charge is 0.251 e. The quantitative estimate of drug-likeness (QED) is 0.739. The number of carbonyl (C=O) groups is 1. The van der Waals surface area contributed by atoms with Crippen molar-refractivity contribution < 1.29 is 9.53 Å². The minimum Gasteiger partial charge on any atom is -0.491 e. The van der Waals surface area contributed by atoms with Gasteiger partial charge in [-0.2, -0.15) is 0 Å². The summed E-state index contributed by atoms with van der Waals surface area (Å²) in [6, 6.07) is 7.97. The highest BCUT2D eigenvalue weighted by molar-refractivity contribution is 5.94. The molecule has 0 unspecified atom stereocenters. The molecule has 0 radical (unpaired) electrons. The first kappa shape index (κ1) is 13.9. The Hall–Kier alpha value is -1.55. The average molecular weight is 262 g/mol. The minimum atomic E-state index is -0.0493. The summed E-state index contributed by atoms with van der Waals surface area (Å²) in [5.74, 6) is 0.686. The van der Waals surface area contributed by atoms with Crippen molar-refractivity contribution >= 4 is 5.91 Å². The van der Waals surface area contributed by atoms with Gasteiger partial charge in [-0.15, -0.1) is 0 Å². The second kappa shape index (κ2) is 6.57. The Bertz CT molecular complexity index is 428. The van der Waals surface area contributed by atoms with Crippen LogP contribution in [0.1, 0.15) is 37.0 Å². The SMILES string of the molecule is CC(C)Oc1cccc(C(=O)NCCNC2CC2)c1. The molecule has 1 saturated carbocycles. The van der Waals surface area contributed by atoms with E-state index in [1.165, 1.54) is 12.8 Å². The monoisotopic (exact) mass is 262 g/mol. The van der Waals surface area contributed by atoms with Gasteiger partial charge in [-0.3, -0.25) is 4.79 Å². The molecule has 0 bridgehead atoms. The van der Waals surface area contributed by atoms with Gasteiger partial charge in [0.15, 0.2) is 0 Å². The van der Waals surface area contributed by atoms with Crippen LogP contribution in [0.25, 0.3) is 0 Å². The molecular weight excluding hydrogens is 240 g/mol. The predicted octanol–water partition coefficient (Wildman–Crippen LogP) is 1.96. The highest BCUT2D eigenvalue weighted by atomic mass is 16.5. The van der Waals surface area contributed by atoms with Crippen molar-refractivity contribution in [3.8, 4) is 5.75 Å². The molecule has 1 aromatic carbocycles. The van der Waals surface area contributed by atoms with E-state index in [-0.39, 0.29) is 12.0 Å². The van der Waals surface area contributed by atoms with Gasteiger partial charge in [0.05, 0.1) is 6.10 Å². The van der Waals surface area contributed by atoms with Crippen LogP contribution in [0.3, 0.4) is 0 Å². The van der Waals surface area contributed by atoms with E-state index < -0.39 is 0 Å². The molecule has 19 heavy (non-hydrogen) atoms. The molecule has 0 spiro atoms.